The molecule has 0 amide bonds. The Morgan fingerprint density at radius 1 is 1.22 bits per heavy atom. The monoisotopic (exact) mass is 259 g/mol. The average molecular weight is 259 g/mol. The smallest absolute Gasteiger partial charge is 0.136 e. The highest BCUT2D eigenvalue weighted by atomic mass is 32.2. The van der Waals surface area contributed by atoms with Crippen molar-refractivity contribution in [3.8, 4) is 0 Å². The van der Waals surface area contributed by atoms with Crippen molar-refractivity contribution >= 4 is 28.4 Å². The van der Waals surface area contributed by atoms with Crippen LogP contribution in [0, 0.1) is 0 Å². The van der Waals surface area contributed by atoms with E-state index in [1.54, 1.807) is 0 Å². The van der Waals surface area contributed by atoms with E-state index in [0.717, 1.165) is 24.6 Å². The molecule has 1 aromatic heterocycles. The van der Waals surface area contributed by atoms with Crippen LogP contribution in [0.1, 0.15) is 5.69 Å². The number of fused-ring (bicyclic) bond motifs is 1. The van der Waals surface area contributed by atoms with Crippen LogP contribution in [0.15, 0.2) is 30.3 Å². The van der Waals surface area contributed by atoms with E-state index in [0.29, 0.717) is 6.54 Å². The van der Waals surface area contributed by atoms with E-state index >= 15 is 0 Å². The topological polar surface area (TPSA) is 42.1 Å². The Kier molecular flexibility index (Phi) is 3.39. The van der Waals surface area contributed by atoms with Crippen LogP contribution < -0.4 is 10.6 Å². The minimum absolute atomic E-state index is 0.500. The Labute approximate surface area is 111 Å². The molecule has 2 N–H and O–H groups in total. The molecule has 0 atom stereocenters. The maximum absolute atomic E-state index is 5.75. The molecule has 1 aliphatic rings. The number of aromatic nitrogens is 1. The van der Waals surface area contributed by atoms with Crippen LogP contribution in [0.3, 0.4) is 0 Å². The standard InChI is InChI=1S/C14H17N3S/c15-10-12-9-11-3-1-2-4-13(11)14(16-12)17-5-7-18-8-6-17/h1-4,9H,5-8,10,15H2. The molecule has 0 saturated carbocycles. The SMILES string of the molecule is NCc1cc2ccccc2c(N2CCSCC2)n1. The number of nitrogens with zero attached hydrogens (tertiary/aromatic N) is 2. The number of hydrogen-bond donors (Lipinski definition) is 1. The minimum atomic E-state index is 0.500. The molecule has 1 saturated heterocycles. The Balaban J connectivity index is 2.12. The molecule has 4 heteroatoms. The van der Waals surface area contributed by atoms with Crippen molar-refractivity contribution in [2.24, 2.45) is 5.73 Å². The number of anilines is 1. The van der Waals surface area contributed by atoms with Crippen LogP contribution in [-0.4, -0.2) is 29.6 Å². The molecule has 3 nitrogen and oxygen atoms in total. The van der Waals surface area contributed by atoms with Gasteiger partial charge in [-0.2, -0.15) is 11.8 Å². The first-order valence-corrected chi connectivity index (χ1v) is 7.45. The molecule has 2 heterocycles. The van der Waals surface area contributed by atoms with Crippen LogP contribution in [0.4, 0.5) is 5.82 Å². The third-order valence-corrected chi connectivity index (χ3v) is 4.24. The first-order chi connectivity index (χ1) is 8.88. The summed E-state index contributed by atoms with van der Waals surface area (Å²) in [5, 5.41) is 2.47. The van der Waals surface area contributed by atoms with E-state index in [4.69, 9.17) is 10.7 Å². The summed E-state index contributed by atoms with van der Waals surface area (Å²) in [6.45, 7) is 2.66. The van der Waals surface area contributed by atoms with E-state index < -0.39 is 0 Å². The highest BCUT2D eigenvalue weighted by Gasteiger charge is 2.15. The van der Waals surface area contributed by atoms with Gasteiger partial charge >= 0.3 is 0 Å². The molecule has 0 bridgehead atoms. The number of thioether (sulfide) groups is 1. The van der Waals surface area contributed by atoms with Crippen LogP contribution in [0.5, 0.6) is 0 Å². The van der Waals surface area contributed by atoms with Gasteiger partial charge in [-0.05, 0) is 11.5 Å². The van der Waals surface area contributed by atoms with Gasteiger partial charge in [-0.25, -0.2) is 4.98 Å². The van der Waals surface area contributed by atoms with Gasteiger partial charge in [0, 0.05) is 36.5 Å². The lowest BCUT2D eigenvalue weighted by Gasteiger charge is -2.28. The average Bonchev–Trinajstić information content (AvgIpc) is 2.47. The molecule has 1 aliphatic heterocycles. The second-order valence-corrected chi connectivity index (χ2v) is 5.69. The molecule has 94 valence electrons. The Morgan fingerprint density at radius 3 is 2.78 bits per heavy atom. The zero-order valence-electron chi connectivity index (χ0n) is 10.3. The van der Waals surface area contributed by atoms with Gasteiger partial charge in [0.2, 0.25) is 0 Å². The van der Waals surface area contributed by atoms with Gasteiger partial charge < -0.3 is 10.6 Å². The summed E-state index contributed by atoms with van der Waals surface area (Å²) < 4.78 is 0. The second-order valence-electron chi connectivity index (χ2n) is 4.46. The van der Waals surface area contributed by atoms with Crippen molar-refractivity contribution in [2.45, 2.75) is 6.54 Å². The Hall–Kier alpha value is -1.26. The predicted molar refractivity (Wildman–Crippen MR) is 79.2 cm³/mol. The molecule has 1 aromatic carbocycles. The van der Waals surface area contributed by atoms with Crippen molar-refractivity contribution in [3.05, 3.63) is 36.0 Å². The van der Waals surface area contributed by atoms with Crippen molar-refractivity contribution in [2.75, 3.05) is 29.5 Å². The molecule has 3 rings (SSSR count). The van der Waals surface area contributed by atoms with Gasteiger partial charge in [-0.1, -0.05) is 24.3 Å². The summed E-state index contributed by atoms with van der Waals surface area (Å²) in [5.74, 6) is 3.47. The van der Waals surface area contributed by atoms with Crippen molar-refractivity contribution in [3.63, 3.8) is 0 Å². The molecule has 0 aliphatic carbocycles. The quantitative estimate of drug-likeness (QED) is 0.898. The largest absolute Gasteiger partial charge is 0.354 e. The second kappa shape index (κ2) is 5.16. The van der Waals surface area contributed by atoms with Gasteiger partial charge in [0.1, 0.15) is 5.82 Å². The lowest BCUT2D eigenvalue weighted by Crippen LogP contribution is -2.33. The fourth-order valence-electron chi connectivity index (χ4n) is 2.36. The van der Waals surface area contributed by atoms with Crippen LogP contribution >= 0.6 is 11.8 Å². The fourth-order valence-corrected chi connectivity index (χ4v) is 3.26. The van der Waals surface area contributed by atoms with E-state index in [-0.39, 0.29) is 0 Å². The fraction of sp³-hybridized carbons (Fsp3) is 0.357. The number of pyridine rings is 1. The summed E-state index contributed by atoms with van der Waals surface area (Å²) in [5.41, 5.74) is 6.73. The summed E-state index contributed by atoms with van der Waals surface area (Å²) in [6, 6.07) is 10.5. The third-order valence-electron chi connectivity index (χ3n) is 3.29. The molecule has 0 spiro atoms. The highest BCUT2D eigenvalue weighted by molar-refractivity contribution is 7.99. The van der Waals surface area contributed by atoms with Crippen molar-refractivity contribution < 1.29 is 0 Å². The molecule has 2 aromatic rings. The summed E-state index contributed by atoms with van der Waals surface area (Å²) >= 11 is 2.01. The molecular formula is C14H17N3S. The lowest BCUT2D eigenvalue weighted by atomic mass is 10.1. The first kappa shape index (κ1) is 11.8. The van der Waals surface area contributed by atoms with Gasteiger partial charge in [0.15, 0.2) is 0 Å². The van der Waals surface area contributed by atoms with Crippen LogP contribution in [0.25, 0.3) is 10.8 Å². The predicted octanol–water partition coefficient (Wildman–Crippen LogP) is 2.25. The van der Waals surface area contributed by atoms with E-state index in [9.17, 15) is 0 Å². The van der Waals surface area contributed by atoms with E-state index in [1.165, 1.54) is 22.3 Å². The number of benzene rings is 1. The zero-order valence-corrected chi connectivity index (χ0v) is 11.1. The maximum Gasteiger partial charge on any atom is 0.136 e. The van der Waals surface area contributed by atoms with Gasteiger partial charge in [-0.15, -0.1) is 0 Å². The normalized spacial score (nSPS) is 16.2. The minimum Gasteiger partial charge on any atom is -0.354 e. The highest BCUT2D eigenvalue weighted by Crippen LogP contribution is 2.27. The third kappa shape index (κ3) is 2.18. The van der Waals surface area contributed by atoms with Crippen molar-refractivity contribution in [1.82, 2.24) is 4.98 Å². The Morgan fingerprint density at radius 2 is 2.00 bits per heavy atom. The van der Waals surface area contributed by atoms with Gasteiger partial charge in [0.05, 0.1) is 5.69 Å². The Bertz CT molecular complexity index is 550. The number of nitrogens with two attached hydrogens (primary N) is 1. The van der Waals surface area contributed by atoms with Gasteiger partial charge in [0.25, 0.3) is 0 Å². The summed E-state index contributed by atoms with van der Waals surface area (Å²) in [4.78, 5) is 7.12. The summed E-state index contributed by atoms with van der Waals surface area (Å²) in [7, 11) is 0. The molecule has 0 unspecified atom stereocenters. The number of rotatable bonds is 2. The van der Waals surface area contributed by atoms with E-state index in [1.807, 2.05) is 11.8 Å². The molecular weight excluding hydrogens is 242 g/mol. The molecule has 1 fully saturated rings. The first-order valence-electron chi connectivity index (χ1n) is 6.30. The van der Waals surface area contributed by atoms with E-state index in [2.05, 4.69) is 35.2 Å². The zero-order chi connectivity index (χ0) is 12.4. The van der Waals surface area contributed by atoms with Gasteiger partial charge in [-0.3, -0.25) is 0 Å². The van der Waals surface area contributed by atoms with Crippen LogP contribution in [0.2, 0.25) is 0 Å². The van der Waals surface area contributed by atoms with Crippen LogP contribution in [-0.2, 0) is 6.54 Å². The number of hydrogen-bond acceptors (Lipinski definition) is 4. The van der Waals surface area contributed by atoms with Crippen molar-refractivity contribution in [1.29, 1.82) is 0 Å². The molecule has 18 heavy (non-hydrogen) atoms. The lowest BCUT2D eigenvalue weighted by molar-refractivity contribution is 0.835. The maximum atomic E-state index is 5.75. The molecule has 0 radical (unpaired) electrons. The summed E-state index contributed by atoms with van der Waals surface area (Å²) in [6.07, 6.45) is 0.